The number of rotatable bonds is 20. The lowest BCUT2D eigenvalue weighted by atomic mass is 10.0. The molecule has 10 heteroatoms. The molecule has 6 aromatic rings. The number of benzene rings is 4. The molecule has 0 unspecified atom stereocenters. The van der Waals surface area contributed by atoms with E-state index in [4.69, 9.17) is 37.9 Å². The molecule has 0 amide bonds. The molecule has 58 heavy (non-hydrogen) atoms. The Kier molecular flexibility index (Phi) is 16.5. The summed E-state index contributed by atoms with van der Waals surface area (Å²) in [6.45, 7) is 20.5. The van der Waals surface area contributed by atoms with Gasteiger partial charge in [0.2, 0.25) is 0 Å². The molecule has 2 aromatic heterocycles. The minimum Gasteiger partial charge on any atom is -0.490 e. The Morgan fingerprint density at radius 1 is 0.328 bits per heavy atom. The highest BCUT2D eigenvalue weighted by Gasteiger charge is 2.15. The minimum absolute atomic E-state index is 0.581. The maximum atomic E-state index is 5.81. The highest BCUT2D eigenvalue weighted by atomic mass is 16.5. The average molecular weight is 791 g/mol. The summed E-state index contributed by atoms with van der Waals surface area (Å²) in [6.07, 6.45) is 5.05. The van der Waals surface area contributed by atoms with Gasteiger partial charge in [0.25, 0.3) is 0 Å². The zero-order chi connectivity index (χ0) is 41.3. The fourth-order valence-electron chi connectivity index (χ4n) is 6.63. The van der Waals surface area contributed by atoms with Gasteiger partial charge in [0.15, 0.2) is 46.0 Å². The first kappa shape index (κ1) is 43.2. The largest absolute Gasteiger partial charge is 0.490 e. The van der Waals surface area contributed by atoms with E-state index in [1.54, 1.807) is 0 Å². The van der Waals surface area contributed by atoms with Gasteiger partial charge in [-0.3, -0.25) is 9.97 Å². The van der Waals surface area contributed by atoms with E-state index in [9.17, 15) is 0 Å². The summed E-state index contributed by atoms with van der Waals surface area (Å²) in [4.78, 5) is 9.29. The first-order valence-corrected chi connectivity index (χ1v) is 20.5. The Bertz CT molecular complexity index is 2070. The monoisotopic (exact) mass is 790 g/mol. The number of hydrogen-bond acceptors (Lipinski definition) is 10. The SMILES string of the molecule is CCOc1ccc(Cc2nccc3cc(OCC)c(OCC)cc23)cc1OCC.CCOc1ccc(Cc2nccc3cc(OCC)c(OCC)cc23)cc1OCC. The van der Waals surface area contributed by atoms with Crippen molar-refractivity contribution < 1.29 is 37.9 Å². The lowest BCUT2D eigenvalue weighted by molar-refractivity contribution is 0.287. The molecule has 0 N–H and O–H groups in total. The van der Waals surface area contributed by atoms with Crippen molar-refractivity contribution in [3.63, 3.8) is 0 Å². The van der Waals surface area contributed by atoms with Crippen LogP contribution in [0, 0.1) is 0 Å². The van der Waals surface area contributed by atoms with Crippen molar-refractivity contribution in [3.05, 3.63) is 108 Å². The van der Waals surface area contributed by atoms with Crippen LogP contribution in [0.4, 0.5) is 0 Å². The van der Waals surface area contributed by atoms with Gasteiger partial charge >= 0.3 is 0 Å². The second kappa shape index (κ2) is 22.1. The lowest BCUT2D eigenvalue weighted by Crippen LogP contribution is -2.01. The predicted octanol–water partition coefficient (Wildman–Crippen LogP) is 10.8. The molecule has 0 saturated heterocycles. The molecule has 10 nitrogen and oxygen atoms in total. The smallest absolute Gasteiger partial charge is 0.161 e. The van der Waals surface area contributed by atoms with E-state index in [2.05, 4.69) is 22.1 Å². The van der Waals surface area contributed by atoms with Crippen LogP contribution in [0.15, 0.2) is 85.2 Å². The van der Waals surface area contributed by atoms with Crippen LogP contribution in [-0.4, -0.2) is 62.8 Å². The summed E-state index contributed by atoms with van der Waals surface area (Å²) < 4.78 is 46.0. The van der Waals surface area contributed by atoms with Crippen molar-refractivity contribution in [3.8, 4) is 46.0 Å². The Morgan fingerprint density at radius 2 is 0.621 bits per heavy atom. The standard InChI is InChI=1S/2C24H29NO4/c2*1-5-26-21-10-9-17(14-22(21)27-6-2)13-20-19-16-24(29-8-4)23(28-7-3)15-18(19)11-12-25-20/h2*9-12,14-16H,5-8,13H2,1-4H3. The average Bonchev–Trinajstić information content (AvgIpc) is 3.22. The molecule has 0 aliphatic rings. The van der Waals surface area contributed by atoms with Crippen LogP contribution in [0.3, 0.4) is 0 Å². The first-order chi connectivity index (χ1) is 28.4. The van der Waals surface area contributed by atoms with E-state index in [-0.39, 0.29) is 0 Å². The third-order valence-electron chi connectivity index (χ3n) is 8.98. The third-order valence-corrected chi connectivity index (χ3v) is 8.98. The molecule has 308 valence electrons. The van der Waals surface area contributed by atoms with Gasteiger partial charge in [-0.15, -0.1) is 0 Å². The summed E-state index contributed by atoms with van der Waals surface area (Å²) in [5.41, 5.74) is 4.20. The fourth-order valence-corrected chi connectivity index (χ4v) is 6.63. The number of fused-ring (bicyclic) bond motifs is 2. The van der Waals surface area contributed by atoms with Crippen LogP contribution in [0.2, 0.25) is 0 Å². The Balaban J connectivity index is 0.000000221. The summed E-state index contributed by atoms with van der Waals surface area (Å²) >= 11 is 0. The van der Waals surface area contributed by atoms with Gasteiger partial charge in [0.05, 0.1) is 64.2 Å². The van der Waals surface area contributed by atoms with Gasteiger partial charge in [-0.25, -0.2) is 0 Å². The molecule has 0 aliphatic carbocycles. The van der Waals surface area contributed by atoms with E-state index >= 15 is 0 Å². The van der Waals surface area contributed by atoms with Crippen LogP contribution in [-0.2, 0) is 12.8 Å². The molecule has 6 rings (SSSR count). The molecular formula is C48H58N2O8. The van der Waals surface area contributed by atoms with E-state index in [1.165, 1.54) is 0 Å². The summed E-state index contributed by atoms with van der Waals surface area (Å²) in [6, 6.07) is 24.2. The van der Waals surface area contributed by atoms with Gasteiger partial charge in [0, 0.05) is 36.0 Å². The molecule has 4 aromatic carbocycles. The van der Waals surface area contributed by atoms with E-state index in [0.717, 1.165) is 90.1 Å². The minimum atomic E-state index is 0.581. The number of nitrogens with zero attached hydrogens (tertiary/aromatic N) is 2. The third kappa shape index (κ3) is 11.1. The normalized spacial score (nSPS) is 10.8. The topological polar surface area (TPSA) is 99.6 Å². The van der Waals surface area contributed by atoms with E-state index in [0.29, 0.717) is 65.7 Å². The number of ether oxygens (including phenoxy) is 8. The lowest BCUT2D eigenvalue weighted by Gasteiger charge is -2.15. The zero-order valence-electron chi connectivity index (χ0n) is 35.3. The Hall–Kier alpha value is -5.90. The van der Waals surface area contributed by atoms with Gasteiger partial charge in [0.1, 0.15) is 0 Å². The zero-order valence-corrected chi connectivity index (χ0v) is 35.3. The van der Waals surface area contributed by atoms with Gasteiger partial charge in [-0.1, -0.05) is 12.1 Å². The van der Waals surface area contributed by atoms with Crippen molar-refractivity contribution in [2.24, 2.45) is 0 Å². The molecule has 0 spiro atoms. The van der Waals surface area contributed by atoms with Crippen LogP contribution in [0.5, 0.6) is 46.0 Å². The molecule has 2 heterocycles. The second-order valence-electron chi connectivity index (χ2n) is 12.9. The van der Waals surface area contributed by atoms with Crippen LogP contribution < -0.4 is 37.9 Å². The highest BCUT2D eigenvalue weighted by molar-refractivity contribution is 5.89. The van der Waals surface area contributed by atoms with Crippen molar-refractivity contribution in [2.45, 2.75) is 68.2 Å². The van der Waals surface area contributed by atoms with Crippen LogP contribution in [0.1, 0.15) is 77.9 Å². The maximum Gasteiger partial charge on any atom is 0.161 e. The summed E-state index contributed by atoms with van der Waals surface area (Å²) in [5, 5.41) is 4.29. The quantitative estimate of drug-likeness (QED) is 0.0743. The second-order valence-corrected chi connectivity index (χ2v) is 12.9. The highest BCUT2D eigenvalue weighted by Crippen LogP contribution is 2.37. The van der Waals surface area contributed by atoms with Crippen LogP contribution >= 0.6 is 0 Å². The molecule has 0 radical (unpaired) electrons. The van der Waals surface area contributed by atoms with Crippen molar-refractivity contribution >= 4 is 21.5 Å². The molecule has 0 fully saturated rings. The van der Waals surface area contributed by atoms with Gasteiger partial charge < -0.3 is 37.9 Å². The molecule has 0 atom stereocenters. The van der Waals surface area contributed by atoms with Crippen molar-refractivity contribution in [1.29, 1.82) is 0 Å². The Labute approximate surface area is 343 Å². The first-order valence-electron chi connectivity index (χ1n) is 20.5. The van der Waals surface area contributed by atoms with Gasteiger partial charge in [-0.05, 0) is 138 Å². The maximum absolute atomic E-state index is 5.81. The fraction of sp³-hybridized carbons (Fsp3) is 0.375. The predicted molar refractivity (Wildman–Crippen MR) is 231 cm³/mol. The molecule has 0 aliphatic heterocycles. The number of hydrogen-bond donors (Lipinski definition) is 0. The van der Waals surface area contributed by atoms with E-state index in [1.807, 2.05) is 128 Å². The van der Waals surface area contributed by atoms with Gasteiger partial charge in [-0.2, -0.15) is 0 Å². The Morgan fingerprint density at radius 3 is 0.948 bits per heavy atom. The van der Waals surface area contributed by atoms with Crippen molar-refractivity contribution in [2.75, 3.05) is 52.9 Å². The van der Waals surface area contributed by atoms with Crippen LogP contribution in [0.25, 0.3) is 21.5 Å². The molecule has 0 saturated carbocycles. The summed E-state index contributed by atoms with van der Waals surface area (Å²) in [7, 11) is 0. The molecular weight excluding hydrogens is 733 g/mol. The van der Waals surface area contributed by atoms with E-state index < -0.39 is 0 Å². The number of aromatic nitrogens is 2. The number of pyridine rings is 2. The molecule has 0 bridgehead atoms. The summed E-state index contributed by atoms with van der Waals surface area (Å²) in [5.74, 6) is 6.09. The van der Waals surface area contributed by atoms with Crippen molar-refractivity contribution in [1.82, 2.24) is 9.97 Å².